The molecule has 0 radical (unpaired) electrons. The van der Waals surface area contributed by atoms with Gasteiger partial charge >= 0.3 is 0 Å². The molecule has 0 N–H and O–H groups in total. The van der Waals surface area contributed by atoms with Crippen molar-refractivity contribution in [3.63, 3.8) is 0 Å². The zero-order chi connectivity index (χ0) is 21.2. The standard InChI is InChI=1S/C23H20N6OS/c24-10-4-12-28-14-19(18-6-1-2-7-20(18)28)21(30)15-31-23-27-26-22(29(23)17-8-9-17)16-5-3-11-25-13-16/h1-3,5-7,11,13-14,17H,4,8-9,12,15H2. The second kappa shape index (κ2) is 8.36. The van der Waals surface area contributed by atoms with Crippen molar-refractivity contribution >= 4 is 28.4 Å². The van der Waals surface area contributed by atoms with Crippen LogP contribution >= 0.6 is 11.8 Å². The summed E-state index contributed by atoms with van der Waals surface area (Å²) in [5, 5.41) is 19.4. The first-order valence-electron chi connectivity index (χ1n) is 10.2. The number of aromatic nitrogens is 5. The van der Waals surface area contributed by atoms with Crippen LogP contribution < -0.4 is 0 Å². The SMILES string of the molecule is N#CCCn1cc(C(=O)CSc2nnc(-c3cccnc3)n2C2CC2)c2ccccc21. The fraction of sp³-hybridized carbons (Fsp3) is 0.261. The Labute approximate surface area is 183 Å². The highest BCUT2D eigenvalue weighted by atomic mass is 32.2. The van der Waals surface area contributed by atoms with Gasteiger partial charge in [-0.05, 0) is 31.0 Å². The Balaban J connectivity index is 1.40. The third-order valence-electron chi connectivity index (χ3n) is 5.38. The molecule has 5 rings (SSSR count). The third-order valence-corrected chi connectivity index (χ3v) is 6.33. The van der Waals surface area contributed by atoms with E-state index >= 15 is 0 Å². The van der Waals surface area contributed by atoms with Crippen molar-refractivity contribution in [2.45, 2.75) is 37.0 Å². The second-order valence-corrected chi connectivity index (χ2v) is 8.46. The van der Waals surface area contributed by atoms with Crippen LogP contribution in [0.3, 0.4) is 0 Å². The minimum absolute atomic E-state index is 0.0465. The number of carbonyl (C=O) groups excluding carboxylic acids is 1. The van der Waals surface area contributed by atoms with Crippen LogP contribution in [-0.2, 0) is 6.54 Å². The predicted octanol–water partition coefficient (Wildman–Crippen LogP) is 4.52. The molecule has 4 aromatic rings. The van der Waals surface area contributed by atoms with Crippen LogP contribution in [0.4, 0.5) is 0 Å². The normalized spacial score (nSPS) is 13.4. The zero-order valence-electron chi connectivity index (χ0n) is 16.8. The van der Waals surface area contributed by atoms with Gasteiger partial charge in [-0.1, -0.05) is 30.0 Å². The first-order chi connectivity index (χ1) is 15.3. The summed E-state index contributed by atoms with van der Waals surface area (Å²) in [5.74, 6) is 1.13. The van der Waals surface area contributed by atoms with Crippen LogP contribution in [0.15, 0.2) is 60.1 Å². The van der Waals surface area contributed by atoms with E-state index in [0.717, 1.165) is 40.3 Å². The monoisotopic (exact) mass is 428 g/mol. The number of hydrogen-bond donors (Lipinski definition) is 0. The van der Waals surface area contributed by atoms with Gasteiger partial charge in [-0.15, -0.1) is 10.2 Å². The third kappa shape index (κ3) is 3.84. The average Bonchev–Trinajstić information content (AvgIpc) is 3.45. The number of ketones is 1. The molecule has 1 aliphatic carbocycles. The summed E-state index contributed by atoms with van der Waals surface area (Å²) in [6.45, 7) is 0.571. The molecule has 3 aromatic heterocycles. The van der Waals surface area contributed by atoms with Gasteiger partial charge in [0.15, 0.2) is 16.8 Å². The molecule has 7 nitrogen and oxygen atoms in total. The smallest absolute Gasteiger partial charge is 0.192 e. The lowest BCUT2D eigenvalue weighted by molar-refractivity contribution is 0.102. The van der Waals surface area contributed by atoms with Crippen molar-refractivity contribution in [1.82, 2.24) is 24.3 Å². The highest BCUT2D eigenvalue weighted by Gasteiger charge is 2.30. The van der Waals surface area contributed by atoms with Gasteiger partial charge in [-0.2, -0.15) is 5.26 Å². The number of thioether (sulfide) groups is 1. The van der Waals surface area contributed by atoms with E-state index < -0.39 is 0 Å². The number of nitriles is 1. The van der Waals surface area contributed by atoms with E-state index in [-0.39, 0.29) is 11.5 Å². The van der Waals surface area contributed by atoms with Crippen LogP contribution in [0.25, 0.3) is 22.3 Å². The molecule has 0 spiro atoms. The van der Waals surface area contributed by atoms with Gasteiger partial charge in [0.1, 0.15) is 0 Å². The predicted molar refractivity (Wildman–Crippen MR) is 119 cm³/mol. The molecule has 154 valence electrons. The molecular weight excluding hydrogens is 408 g/mol. The molecule has 0 unspecified atom stereocenters. The molecule has 0 amide bonds. The topological polar surface area (TPSA) is 89.4 Å². The lowest BCUT2D eigenvalue weighted by Gasteiger charge is -2.08. The number of fused-ring (bicyclic) bond motifs is 1. The fourth-order valence-electron chi connectivity index (χ4n) is 3.76. The Morgan fingerprint density at radius 2 is 2.06 bits per heavy atom. The summed E-state index contributed by atoms with van der Waals surface area (Å²) in [4.78, 5) is 17.3. The van der Waals surface area contributed by atoms with E-state index in [0.29, 0.717) is 24.6 Å². The van der Waals surface area contributed by atoms with Gasteiger partial charge in [0.2, 0.25) is 0 Å². The fourth-order valence-corrected chi connectivity index (χ4v) is 4.65. The van der Waals surface area contributed by atoms with Crippen LogP contribution in [0.2, 0.25) is 0 Å². The van der Waals surface area contributed by atoms with E-state index in [1.807, 2.05) is 47.2 Å². The number of carbonyl (C=O) groups is 1. The van der Waals surface area contributed by atoms with Crippen LogP contribution in [-0.4, -0.2) is 35.9 Å². The highest BCUT2D eigenvalue weighted by molar-refractivity contribution is 7.99. The zero-order valence-corrected chi connectivity index (χ0v) is 17.6. The molecule has 0 bridgehead atoms. The molecule has 1 aliphatic rings. The number of nitrogens with zero attached hydrogens (tertiary/aromatic N) is 6. The molecule has 1 saturated carbocycles. The van der Waals surface area contributed by atoms with Crippen LogP contribution in [0.5, 0.6) is 0 Å². The summed E-state index contributed by atoms with van der Waals surface area (Å²) in [7, 11) is 0. The van der Waals surface area contributed by atoms with E-state index in [1.165, 1.54) is 11.8 Å². The summed E-state index contributed by atoms with van der Waals surface area (Å²) in [6, 6.07) is 14.3. The van der Waals surface area contributed by atoms with Gasteiger partial charge in [0, 0.05) is 53.2 Å². The molecule has 0 aliphatic heterocycles. The molecule has 0 saturated heterocycles. The van der Waals surface area contributed by atoms with E-state index in [1.54, 1.807) is 12.4 Å². The van der Waals surface area contributed by atoms with Crippen molar-refractivity contribution in [2.75, 3.05) is 5.75 Å². The molecule has 1 fully saturated rings. The van der Waals surface area contributed by atoms with Gasteiger partial charge < -0.3 is 4.57 Å². The van der Waals surface area contributed by atoms with E-state index in [2.05, 4.69) is 25.8 Å². The number of pyridine rings is 1. The number of rotatable bonds is 8. The van der Waals surface area contributed by atoms with Crippen molar-refractivity contribution in [2.24, 2.45) is 0 Å². The summed E-state index contributed by atoms with van der Waals surface area (Å²) < 4.78 is 4.13. The first-order valence-corrected chi connectivity index (χ1v) is 11.2. The Hall–Kier alpha value is -3.44. The highest BCUT2D eigenvalue weighted by Crippen LogP contribution is 2.41. The maximum atomic E-state index is 13.1. The molecule has 0 atom stereocenters. The Morgan fingerprint density at radius 3 is 2.84 bits per heavy atom. The van der Waals surface area contributed by atoms with Crippen molar-refractivity contribution in [3.8, 4) is 17.5 Å². The second-order valence-electron chi connectivity index (χ2n) is 7.52. The van der Waals surface area contributed by atoms with Gasteiger partial charge in [0.25, 0.3) is 0 Å². The van der Waals surface area contributed by atoms with E-state index in [9.17, 15) is 4.79 Å². The quantitative estimate of drug-likeness (QED) is 0.303. The summed E-state index contributed by atoms with van der Waals surface area (Å²) in [5.41, 5.74) is 2.60. The van der Waals surface area contributed by atoms with Crippen LogP contribution in [0, 0.1) is 11.3 Å². The maximum absolute atomic E-state index is 13.1. The average molecular weight is 429 g/mol. The van der Waals surface area contributed by atoms with Crippen molar-refractivity contribution < 1.29 is 4.79 Å². The number of aryl methyl sites for hydroxylation is 1. The van der Waals surface area contributed by atoms with Gasteiger partial charge in [-0.25, -0.2) is 0 Å². The lowest BCUT2D eigenvalue weighted by Crippen LogP contribution is -2.05. The summed E-state index contributed by atoms with van der Waals surface area (Å²) in [6.07, 6.45) is 8.00. The largest absolute Gasteiger partial charge is 0.346 e. The van der Waals surface area contributed by atoms with E-state index in [4.69, 9.17) is 5.26 Å². The Morgan fingerprint density at radius 1 is 1.19 bits per heavy atom. The number of benzene rings is 1. The molecular formula is C23H20N6OS. The van der Waals surface area contributed by atoms with Crippen molar-refractivity contribution in [1.29, 1.82) is 5.26 Å². The Bertz CT molecular complexity index is 1280. The minimum atomic E-state index is 0.0465. The lowest BCUT2D eigenvalue weighted by atomic mass is 10.1. The first kappa shape index (κ1) is 19.5. The minimum Gasteiger partial charge on any atom is -0.346 e. The molecule has 1 aromatic carbocycles. The number of para-hydroxylation sites is 1. The van der Waals surface area contributed by atoms with Crippen molar-refractivity contribution in [3.05, 3.63) is 60.6 Å². The number of Topliss-reactive ketones (excluding diaryl/α,β-unsaturated/α-hetero) is 1. The van der Waals surface area contributed by atoms with Gasteiger partial charge in [0.05, 0.1) is 18.2 Å². The Kier molecular flexibility index (Phi) is 5.26. The van der Waals surface area contributed by atoms with Gasteiger partial charge in [-0.3, -0.25) is 14.3 Å². The molecule has 3 heterocycles. The molecule has 8 heteroatoms. The van der Waals surface area contributed by atoms with Crippen LogP contribution in [0.1, 0.15) is 35.7 Å². The summed E-state index contributed by atoms with van der Waals surface area (Å²) >= 11 is 1.43. The number of hydrogen-bond acceptors (Lipinski definition) is 6. The molecule has 31 heavy (non-hydrogen) atoms. The maximum Gasteiger partial charge on any atom is 0.192 e.